The summed E-state index contributed by atoms with van der Waals surface area (Å²) in [5, 5.41) is 9.42. The second-order valence-corrected chi connectivity index (χ2v) is 4.87. The lowest BCUT2D eigenvalue weighted by Crippen LogP contribution is -1.97. The zero-order valence-electron chi connectivity index (χ0n) is 12.6. The van der Waals surface area contributed by atoms with Crippen LogP contribution in [0.3, 0.4) is 0 Å². The lowest BCUT2D eigenvalue weighted by atomic mass is 9.97. The average molecular weight is 274 g/mol. The highest BCUT2D eigenvalue weighted by Crippen LogP contribution is 2.27. The number of aromatic nitrogens is 1. The third-order valence-corrected chi connectivity index (χ3v) is 3.34. The SMILES string of the molecule is C/C=C\C=C(/C)c1cc(-c2ccccc2)c(C#N)c(C)n1. The summed E-state index contributed by atoms with van der Waals surface area (Å²) in [4.78, 5) is 4.56. The Morgan fingerprint density at radius 1 is 1.24 bits per heavy atom. The molecule has 0 aliphatic heterocycles. The molecule has 0 bridgehead atoms. The number of pyridine rings is 1. The molecule has 2 rings (SSSR count). The normalized spacial score (nSPS) is 11.6. The van der Waals surface area contributed by atoms with Crippen molar-refractivity contribution in [3.8, 4) is 17.2 Å². The van der Waals surface area contributed by atoms with Crippen LogP contribution in [0.4, 0.5) is 0 Å². The zero-order chi connectivity index (χ0) is 15.2. The van der Waals surface area contributed by atoms with Gasteiger partial charge in [0.2, 0.25) is 0 Å². The van der Waals surface area contributed by atoms with Crippen LogP contribution in [0.25, 0.3) is 16.7 Å². The number of rotatable bonds is 3. The van der Waals surface area contributed by atoms with Crippen molar-refractivity contribution < 1.29 is 0 Å². The monoisotopic (exact) mass is 274 g/mol. The van der Waals surface area contributed by atoms with Gasteiger partial charge in [-0.25, -0.2) is 0 Å². The van der Waals surface area contributed by atoms with Crippen LogP contribution in [0.1, 0.15) is 30.8 Å². The molecular weight excluding hydrogens is 256 g/mol. The predicted molar refractivity (Wildman–Crippen MR) is 87.6 cm³/mol. The Labute approximate surface area is 126 Å². The van der Waals surface area contributed by atoms with Gasteiger partial charge in [-0.05, 0) is 38.0 Å². The van der Waals surface area contributed by atoms with Crippen molar-refractivity contribution >= 4 is 5.57 Å². The van der Waals surface area contributed by atoms with Crippen LogP contribution in [0.5, 0.6) is 0 Å². The number of nitriles is 1. The first kappa shape index (κ1) is 14.7. The van der Waals surface area contributed by atoms with E-state index in [0.717, 1.165) is 28.1 Å². The first-order chi connectivity index (χ1) is 10.2. The largest absolute Gasteiger partial charge is 0.252 e. The number of nitrogens with zero attached hydrogens (tertiary/aromatic N) is 2. The second kappa shape index (κ2) is 6.67. The van der Waals surface area contributed by atoms with Gasteiger partial charge >= 0.3 is 0 Å². The van der Waals surface area contributed by atoms with Crippen molar-refractivity contribution in [2.45, 2.75) is 20.8 Å². The molecule has 1 aromatic carbocycles. The van der Waals surface area contributed by atoms with Gasteiger partial charge in [-0.3, -0.25) is 4.98 Å². The molecule has 0 N–H and O–H groups in total. The maximum Gasteiger partial charge on any atom is 0.102 e. The molecule has 0 radical (unpaired) electrons. The molecule has 2 heteroatoms. The van der Waals surface area contributed by atoms with Gasteiger partial charge in [-0.1, -0.05) is 48.6 Å². The molecule has 104 valence electrons. The van der Waals surface area contributed by atoms with Crippen LogP contribution in [0, 0.1) is 18.3 Å². The molecule has 2 nitrogen and oxygen atoms in total. The fraction of sp³-hybridized carbons (Fsp3) is 0.158. The van der Waals surface area contributed by atoms with Gasteiger partial charge in [0, 0.05) is 5.56 Å². The molecule has 0 amide bonds. The molecular formula is C19H18N2. The number of aryl methyl sites for hydroxylation is 1. The summed E-state index contributed by atoms with van der Waals surface area (Å²) in [6.07, 6.45) is 6.01. The summed E-state index contributed by atoms with van der Waals surface area (Å²) in [5.74, 6) is 0. The summed E-state index contributed by atoms with van der Waals surface area (Å²) in [7, 11) is 0. The lowest BCUT2D eigenvalue weighted by Gasteiger charge is -2.10. The lowest BCUT2D eigenvalue weighted by molar-refractivity contribution is 1.15. The van der Waals surface area contributed by atoms with Crippen LogP contribution in [0.15, 0.2) is 54.6 Å². The van der Waals surface area contributed by atoms with Gasteiger partial charge in [-0.15, -0.1) is 0 Å². The zero-order valence-corrected chi connectivity index (χ0v) is 12.6. The number of benzene rings is 1. The van der Waals surface area contributed by atoms with E-state index >= 15 is 0 Å². The van der Waals surface area contributed by atoms with Crippen LogP contribution < -0.4 is 0 Å². The Balaban J connectivity index is 2.64. The van der Waals surface area contributed by atoms with Crippen LogP contribution in [0.2, 0.25) is 0 Å². The first-order valence-electron chi connectivity index (χ1n) is 6.94. The minimum Gasteiger partial charge on any atom is -0.252 e. The van der Waals surface area contributed by atoms with E-state index in [4.69, 9.17) is 0 Å². The maximum absolute atomic E-state index is 9.42. The molecule has 0 atom stereocenters. The average Bonchev–Trinajstić information content (AvgIpc) is 2.52. The number of hydrogen-bond donors (Lipinski definition) is 0. The topological polar surface area (TPSA) is 36.7 Å². The second-order valence-electron chi connectivity index (χ2n) is 4.87. The van der Waals surface area contributed by atoms with Gasteiger partial charge in [0.1, 0.15) is 6.07 Å². The van der Waals surface area contributed by atoms with Crippen molar-refractivity contribution in [3.63, 3.8) is 0 Å². The third kappa shape index (κ3) is 3.27. The minimum absolute atomic E-state index is 0.642. The standard InChI is InChI=1S/C19H18N2/c1-4-5-9-14(2)19-12-17(16-10-7-6-8-11-16)18(13-20)15(3)21-19/h4-12H,1-3H3/b5-4-,14-9+. The fourth-order valence-electron chi connectivity index (χ4n) is 2.19. The Bertz CT molecular complexity index is 732. The highest BCUT2D eigenvalue weighted by atomic mass is 14.7. The molecule has 0 fully saturated rings. The highest BCUT2D eigenvalue weighted by molar-refractivity contribution is 5.75. The van der Waals surface area contributed by atoms with E-state index in [1.54, 1.807) is 0 Å². The summed E-state index contributed by atoms with van der Waals surface area (Å²) < 4.78 is 0. The summed E-state index contributed by atoms with van der Waals surface area (Å²) in [6, 6.07) is 14.2. The Hall–Kier alpha value is -2.66. The van der Waals surface area contributed by atoms with Gasteiger partial charge in [0.05, 0.1) is 17.0 Å². The van der Waals surface area contributed by atoms with Crippen LogP contribution in [-0.4, -0.2) is 4.98 Å². The van der Waals surface area contributed by atoms with E-state index in [9.17, 15) is 5.26 Å². The van der Waals surface area contributed by atoms with Gasteiger partial charge < -0.3 is 0 Å². The number of hydrogen-bond acceptors (Lipinski definition) is 2. The molecule has 1 aromatic heterocycles. The summed E-state index contributed by atoms with van der Waals surface area (Å²) in [5.41, 5.74) is 5.38. The predicted octanol–water partition coefficient (Wildman–Crippen LogP) is 4.91. The molecule has 2 aromatic rings. The molecule has 0 spiro atoms. The van der Waals surface area contributed by atoms with Crippen LogP contribution in [-0.2, 0) is 0 Å². The van der Waals surface area contributed by atoms with E-state index in [1.807, 2.05) is 75.4 Å². The summed E-state index contributed by atoms with van der Waals surface area (Å²) in [6.45, 7) is 5.90. The number of allylic oxidation sites excluding steroid dienone is 4. The summed E-state index contributed by atoms with van der Waals surface area (Å²) >= 11 is 0. The Morgan fingerprint density at radius 3 is 2.57 bits per heavy atom. The van der Waals surface area contributed by atoms with E-state index < -0.39 is 0 Å². The molecule has 0 saturated heterocycles. The smallest absolute Gasteiger partial charge is 0.102 e. The minimum atomic E-state index is 0.642. The van der Waals surface area contributed by atoms with Crippen molar-refractivity contribution in [1.82, 2.24) is 4.98 Å². The Morgan fingerprint density at radius 2 is 1.95 bits per heavy atom. The molecule has 0 unspecified atom stereocenters. The van der Waals surface area contributed by atoms with E-state index in [-0.39, 0.29) is 0 Å². The fourth-order valence-corrected chi connectivity index (χ4v) is 2.19. The molecule has 0 aliphatic rings. The first-order valence-corrected chi connectivity index (χ1v) is 6.94. The molecule has 0 aliphatic carbocycles. The Kier molecular flexibility index (Phi) is 4.68. The van der Waals surface area contributed by atoms with Gasteiger partial charge in [0.25, 0.3) is 0 Å². The van der Waals surface area contributed by atoms with Crippen molar-refractivity contribution in [1.29, 1.82) is 5.26 Å². The third-order valence-electron chi connectivity index (χ3n) is 3.34. The van der Waals surface area contributed by atoms with Crippen LogP contribution >= 0.6 is 0 Å². The molecule has 21 heavy (non-hydrogen) atoms. The van der Waals surface area contributed by atoms with Crippen molar-refractivity contribution in [2.24, 2.45) is 0 Å². The highest BCUT2D eigenvalue weighted by Gasteiger charge is 2.11. The van der Waals surface area contributed by atoms with E-state index in [0.29, 0.717) is 5.56 Å². The van der Waals surface area contributed by atoms with E-state index in [2.05, 4.69) is 11.1 Å². The van der Waals surface area contributed by atoms with Gasteiger partial charge in [0.15, 0.2) is 0 Å². The quantitative estimate of drug-likeness (QED) is 0.746. The van der Waals surface area contributed by atoms with Crippen molar-refractivity contribution in [2.75, 3.05) is 0 Å². The van der Waals surface area contributed by atoms with Crippen molar-refractivity contribution in [3.05, 3.63) is 71.6 Å². The molecule has 1 heterocycles. The maximum atomic E-state index is 9.42. The molecule has 0 saturated carbocycles. The van der Waals surface area contributed by atoms with E-state index in [1.165, 1.54) is 0 Å². The van der Waals surface area contributed by atoms with Gasteiger partial charge in [-0.2, -0.15) is 5.26 Å².